The minimum absolute atomic E-state index is 0.260. The third-order valence-electron chi connectivity index (χ3n) is 3.77. The first kappa shape index (κ1) is 32.2. The van der Waals surface area contributed by atoms with Crippen LogP contribution in [0.4, 0.5) is 45.3 Å². The normalized spacial score (nSPS) is 11.8. The average molecular weight is 652 g/mol. The Balaban J connectivity index is 0.000000206. The van der Waals surface area contributed by atoms with Crippen molar-refractivity contribution in [2.45, 2.75) is 18.5 Å². The smallest absolute Gasteiger partial charge is 0.306 e. The van der Waals surface area contributed by atoms with E-state index in [1.54, 1.807) is 5.43 Å². The molecular weight excluding hydrogens is 645 g/mol. The number of alkyl halides is 9. The highest BCUT2D eigenvalue weighted by Gasteiger charge is 2.36. The first-order valence-corrected chi connectivity index (χ1v) is 10.6. The second-order valence-electron chi connectivity index (χ2n) is 6.42. The Labute approximate surface area is 229 Å². The van der Waals surface area contributed by atoms with E-state index in [0.29, 0.717) is 18.2 Å². The molecule has 0 aliphatic carbocycles. The van der Waals surface area contributed by atoms with E-state index in [4.69, 9.17) is 52.2 Å². The summed E-state index contributed by atoms with van der Waals surface area (Å²) >= 11 is 21.0. The van der Waals surface area contributed by atoms with Crippen LogP contribution in [0, 0.1) is 0 Å². The Bertz CT molecular complexity index is 1430. The summed E-state index contributed by atoms with van der Waals surface area (Å²) in [6.07, 6.45) is -12.6. The summed E-state index contributed by atoms with van der Waals surface area (Å²) in [6, 6.07) is 1.98. The summed E-state index contributed by atoms with van der Waals surface area (Å²) in [7, 11) is 0. The van der Waals surface area contributed by atoms with Crippen molar-refractivity contribution in [1.82, 2.24) is 40.2 Å². The standard InChI is InChI=1S/C6H2ClF3N4.C5HCl2F3N2.C5H4ClF3N4/c7-4-1-3(6(8,9)10)5-12-11-2-14(5)13-4;6-3-1-2(5(8,9)10)4(7)12-11-3;6-3-1-2(5(7,8)9)4(11-10)13-12-3/h1-2H;1H;1H,10H2,(H,11,13). The number of fused-ring (bicyclic) bond motifs is 1. The van der Waals surface area contributed by atoms with Crippen molar-refractivity contribution in [3.05, 3.63) is 61.8 Å². The van der Waals surface area contributed by atoms with Crippen LogP contribution in [0.15, 0.2) is 24.5 Å². The number of nitrogen functional groups attached to an aromatic ring is 1. The van der Waals surface area contributed by atoms with E-state index in [0.717, 1.165) is 10.8 Å². The summed E-state index contributed by atoms with van der Waals surface area (Å²) in [5.74, 6) is 4.24. The molecule has 0 saturated heterocycles. The number of nitrogens with zero attached hydrogens (tertiary/aromatic N) is 8. The molecule has 4 heterocycles. The van der Waals surface area contributed by atoms with Crippen LogP contribution in [0.25, 0.3) is 5.65 Å². The van der Waals surface area contributed by atoms with Gasteiger partial charge in [-0.3, -0.25) is 0 Å². The maximum absolute atomic E-state index is 12.4. The maximum Gasteiger partial charge on any atom is 0.420 e. The Morgan fingerprint density at radius 1 is 0.641 bits per heavy atom. The van der Waals surface area contributed by atoms with Gasteiger partial charge in [-0.2, -0.15) is 49.1 Å². The van der Waals surface area contributed by atoms with E-state index in [2.05, 4.69) is 35.7 Å². The molecule has 0 aliphatic heterocycles. The van der Waals surface area contributed by atoms with Gasteiger partial charge in [0.25, 0.3) is 0 Å². The third-order valence-corrected chi connectivity index (χ3v) is 4.61. The van der Waals surface area contributed by atoms with Gasteiger partial charge in [-0.25, -0.2) is 5.84 Å². The molecule has 0 radical (unpaired) electrons. The molecule has 10 nitrogen and oxygen atoms in total. The van der Waals surface area contributed by atoms with Gasteiger partial charge < -0.3 is 5.43 Å². The number of halogens is 13. The van der Waals surface area contributed by atoms with Crippen LogP contribution in [0.5, 0.6) is 0 Å². The summed E-state index contributed by atoms with van der Waals surface area (Å²) in [5, 5.41) is 21.0. The van der Waals surface area contributed by atoms with Crippen molar-refractivity contribution in [3.8, 4) is 0 Å². The van der Waals surface area contributed by atoms with E-state index in [1.807, 2.05) is 0 Å². The van der Waals surface area contributed by atoms with E-state index in [-0.39, 0.29) is 21.1 Å². The minimum Gasteiger partial charge on any atom is -0.306 e. The third kappa shape index (κ3) is 9.02. The summed E-state index contributed by atoms with van der Waals surface area (Å²) in [4.78, 5) is 0. The second kappa shape index (κ2) is 12.5. The van der Waals surface area contributed by atoms with Gasteiger partial charge in [0.05, 0.1) is 5.56 Å². The molecule has 39 heavy (non-hydrogen) atoms. The van der Waals surface area contributed by atoms with Crippen LogP contribution in [-0.2, 0) is 18.5 Å². The fourth-order valence-corrected chi connectivity index (χ4v) is 2.93. The topological polar surface area (TPSA) is 133 Å². The monoisotopic (exact) mass is 650 g/mol. The molecular formula is C16H7Cl4F9N10. The van der Waals surface area contributed by atoms with Gasteiger partial charge in [-0.15, -0.1) is 30.6 Å². The fourth-order valence-electron chi connectivity index (χ4n) is 2.25. The van der Waals surface area contributed by atoms with Crippen molar-refractivity contribution in [1.29, 1.82) is 0 Å². The lowest BCUT2D eigenvalue weighted by Gasteiger charge is -2.09. The molecule has 0 amide bonds. The van der Waals surface area contributed by atoms with Crippen molar-refractivity contribution < 1.29 is 39.5 Å². The largest absolute Gasteiger partial charge is 0.420 e. The number of hydrogen-bond donors (Lipinski definition) is 2. The molecule has 4 aromatic heterocycles. The molecule has 3 N–H and O–H groups in total. The van der Waals surface area contributed by atoms with Crippen molar-refractivity contribution in [3.63, 3.8) is 0 Å². The molecule has 23 heteroatoms. The Morgan fingerprint density at radius 3 is 1.62 bits per heavy atom. The van der Waals surface area contributed by atoms with Crippen LogP contribution < -0.4 is 11.3 Å². The number of rotatable bonds is 1. The molecule has 0 aliphatic rings. The van der Waals surface area contributed by atoms with Gasteiger partial charge in [0, 0.05) is 0 Å². The molecule has 212 valence electrons. The lowest BCUT2D eigenvalue weighted by molar-refractivity contribution is -0.138. The maximum atomic E-state index is 12.4. The average Bonchev–Trinajstić information content (AvgIpc) is 3.27. The van der Waals surface area contributed by atoms with Gasteiger partial charge in [0.2, 0.25) is 0 Å². The van der Waals surface area contributed by atoms with Crippen molar-refractivity contribution in [2.75, 3.05) is 5.43 Å². The zero-order valence-corrected chi connectivity index (χ0v) is 20.9. The van der Waals surface area contributed by atoms with Gasteiger partial charge in [0.15, 0.2) is 32.1 Å². The highest BCUT2D eigenvalue weighted by atomic mass is 35.5. The Hall–Kier alpha value is -3.00. The predicted molar refractivity (Wildman–Crippen MR) is 118 cm³/mol. The fraction of sp³-hybridized carbons (Fsp3) is 0.188. The van der Waals surface area contributed by atoms with Gasteiger partial charge in [0.1, 0.15) is 17.5 Å². The minimum atomic E-state index is -4.55. The summed E-state index contributed by atoms with van der Waals surface area (Å²) in [6.45, 7) is 0. The van der Waals surface area contributed by atoms with Crippen LogP contribution >= 0.6 is 46.4 Å². The van der Waals surface area contributed by atoms with Crippen LogP contribution in [0.2, 0.25) is 20.6 Å². The molecule has 0 atom stereocenters. The van der Waals surface area contributed by atoms with E-state index >= 15 is 0 Å². The highest BCUT2D eigenvalue weighted by Crippen LogP contribution is 2.35. The van der Waals surface area contributed by atoms with Crippen LogP contribution in [0.3, 0.4) is 0 Å². The lowest BCUT2D eigenvalue weighted by atomic mass is 10.3. The van der Waals surface area contributed by atoms with Gasteiger partial charge in [-0.05, 0) is 18.2 Å². The number of anilines is 1. The Kier molecular flexibility index (Phi) is 10.3. The van der Waals surface area contributed by atoms with E-state index in [1.165, 1.54) is 0 Å². The van der Waals surface area contributed by atoms with Crippen molar-refractivity contribution in [2.24, 2.45) is 5.84 Å². The molecule has 4 aromatic rings. The van der Waals surface area contributed by atoms with Gasteiger partial charge >= 0.3 is 18.5 Å². The summed E-state index contributed by atoms with van der Waals surface area (Å²) < 4.78 is 111. The van der Waals surface area contributed by atoms with E-state index in [9.17, 15) is 39.5 Å². The molecule has 0 bridgehead atoms. The molecule has 0 fully saturated rings. The van der Waals surface area contributed by atoms with Crippen LogP contribution in [-0.4, -0.2) is 40.2 Å². The molecule has 0 spiro atoms. The lowest BCUT2D eigenvalue weighted by Crippen LogP contribution is -2.17. The predicted octanol–water partition coefficient (Wildman–Crippen LogP) is 6.03. The molecule has 0 unspecified atom stereocenters. The zero-order chi connectivity index (χ0) is 29.8. The molecule has 4 rings (SSSR count). The number of nitrogens with one attached hydrogen (secondary N) is 1. The van der Waals surface area contributed by atoms with E-state index < -0.39 is 46.2 Å². The molecule has 0 saturated carbocycles. The number of aromatic nitrogens is 8. The van der Waals surface area contributed by atoms with Gasteiger partial charge in [-0.1, -0.05) is 46.4 Å². The first-order valence-electron chi connectivity index (χ1n) is 9.11. The zero-order valence-electron chi connectivity index (χ0n) is 17.9. The first-order chi connectivity index (χ1) is 17.8. The quantitative estimate of drug-likeness (QED) is 0.144. The van der Waals surface area contributed by atoms with Crippen LogP contribution in [0.1, 0.15) is 16.7 Å². The Morgan fingerprint density at radius 2 is 1.13 bits per heavy atom. The number of hydrogen-bond acceptors (Lipinski definition) is 9. The second-order valence-corrected chi connectivity index (χ2v) is 7.94. The number of nitrogens with two attached hydrogens (primary N) is 1. The van der Waals surface area contributed by atoms with Crippen molar-refractivity contribution >= 4 is 57.9 Å². The molecule has 0 aromatic carbocycles. The SMILES string of the molecule is FC(F)(F)c1cc(Cl)nn2cnnc12.FC(F)(F)c1cc(Cl)nnc1Cl.NNc1nnc(Cl)cc1C(F)(F)F. The summed E-state index contributed by atoms with van der Waals surface area (Å²) in [5.41, 5.74) is -1.66. The number of hydrazine groups is 1. The highest BCUT2D eigenvalue weighted by molar-refractivity contribution is 6.31.